The molecule has 13 heavy (non-hydrogen) atoms. The molecule has 1 aromatic heterocycles. The lowest BCUT2D eigenvalue weighted by atomic mass is 10.6. The highest BCUT2D eigenvalue weighted by Crippen LogP contribution is 2.31. The Morgan fingerprint density at radius 2 is 2.31 bits per heavy atom. The third kappa shape index (κ3) is 2.74. The first-order chi connectivity index (χ1) is 6.29. The van der Waals surface area contributed by atoms with E-state index < -0.39 is 0 Å². The van der Waals surface area contributed by atoms with Gasteiger partial charge in [0.2, 0.25) is 0 Å². The molecular weight excluding hydrogens is 208 g/mol. The summed E-state index contributed by atoms with van der Waals surface area (Å²) in [7, 11) is 1.57. The van der Waals surface area contributed by atoms with Gasteiger partial charge in [-0.1, -0.05) is 18.5 Å². The molecule has 0 N–H and O–H groups in total. The average molecular weight is 219 g/mol. The van der Waals surface area contributed by atoms with Crippen molar-refractivity contribution in [3.63, 3.8) is 0 Å². The van der Waals surface area contributed by atoms with E-state index in [1.807, 2.05) is 0 Å². The first-order valence-electron chi connectivity index (χ1n) is 3.96. The summed E-state index contributed by atoms with van der Waals surface area (Å²) in [5.41, 5.74) is 0. The van der Waals surface area contributed by atoms with Crippen LogP contribution in [-0.2, 0) is 0 Å². The summed E-state index contributed by atoms with van der Waals surface area (Å²) < 4.78 is 5.10. The molecule has 5 heteroatoms. The maximum atomic E-state index is 5.82. The number of rotatable bonds is 4. The molecular formula is C8H11ClN2OS. The Balaban J connectivity index is 2.85. The second kappa shape index (κ2) is 5.29. The molecule has 0 saturated heterocycles. The zero-order valence-electron chi connectivity index (χ0n) is 7.58. The minimum atomic E-state index is 0.371. The third-order valence-electron chi connectivity index (χ3n) is 1.37. The molecule has 0 bridgehead atoms. The second-order valence-corrected chi connectivity index (χ2v) is 3.79. The topological polar surface area (TPSA) is 35.0 Å². The molecule has 0 spiro atoms. The van der Waals surface area contributed by atoms with E-state index >= 15 is 0 Å². The minimum absolute atomic E-state index is 0.371. The number of nitrogens with zero attached hydrogens (tertiary/aromatic N) is 2. The first-order valence-corrected chi connectivity index (χ1v) is 5.33. The molecule has 0 atom stereocenters. The molecule has 1 heterocycles. The van der Waals surface area contributed by atoms with Crippen molar-refractivity contribution < 1.29 is 4.74 Å². The monoisotopic (exact) mass is 218 g/mol. The number of thioether (sulfide) groups is 1. The SMILES string of the molecule is CCCSc1ncnc(Cl)c1OC. The molecule has 0 aliphatic heterocycles. The summed E-state index contributed by atoms with van der Waals surface area (Å²) in [6, 6.07) is 0. The van der Waals surface area contributed by atoms with Gasteiger partial charge in [-0.05, 0) is 12.2 Å². The van der Waals surface area contributed by atoms with Crippen molar-refractivity contribution in [2.45, 2.75) is 18.4 Å². The Labute approximate surface area is 86.9 Å². The van der Waals surface area contributed by atoms with E-state index in [0.717, 1.165) is 17.2 Å². The van der Waals surface area contributed by atoms with Crippen molar-refractivity contribution in [2.24, 2.45) is 0 Å². The Morgan fingerprint density at radius 3 is 2.92 bits per heavy atom. The average Bonchev–Trinajstić information content (AvgIpc) is 2.15. The largest absolute Gasteiger partial charge is 0.491 e. The number of ether oxygens (including phenoxy) is 1. The molecule has 0 fully saturated rings. The molecule has 0 amide bonds. The van der Waals surface area contributed by atoms with Gasteiger partial charge in [-0.15, -0.1) is 11.8 Å². The van der Waals surface area contributed by atoms with Crippen LogP contribution in [0.15, 0.2) is 11.4 Å². The predicted octanol–water partition coefficient (Wildman–Crippen LogP) is 2.64. The summed E-state index contributed by atoms with van der Waals surface area (Å²) in [6.45, 7) is 2.11. The van der Waals surface area contributed by atoms with Crippen LogP contribution in [0.2, 0.25) is 5.15 Å². The van der Waals surface area contributed by atoms with Gasteiger partial charge in [-0.3, -0.25) is 0 Å². The summed E-state index contributed by atoms with van der Waals surface area (Å²) >= 11 is 7.44. The van der Waals surface area contributed by atoms with Crippen molar-refractivity contribution in [3.05, 3.63) is 11.5 Å². The second-order valence-electron chi connectivity index (χ2n) is 2.35. The van der Waals surface area contributed by atoms with Gasteiger partial charge in [0.25, 0.3) is 0 Å². The highest BCUT2D eigenvalue weighted by molar-refractivity contribution is 7.99. The fraction of sp³-hybridized carbons (Fsp3) is 0.500. The quantitative estimate of drug-likeness (QED) is 0.575. The van der Waals surface area contributed by atoms with Crippen LogP contribution in [0.1, 0.15) is 13.3 Å². The van der Waals surface area contributed by atoms with E-state index in [1.165, 1.54) is 6.33 Å². The lowest BCUT2D eigenvalue weighted by molar-refractivity contribution is 0.398. The third-order valence-corrected chi connectivity index (χ3v) is 2.82. The molecule has 72 valence electrons. The van der Waals surface area contributed by atoms with Crippen LogP contribution < -0.4 is 4.74 Å². The molecule has 0 aliphatic carbocycles. The van der Waals surface area contributed by atoms with Crippen LogP contribution in [0.5, 0.6) is 5.75 Å². The minimum Gasteiger partial charge on any atom is -0.491 e. The van der Waals surface area contributed by atoms with Gasteiger partial charge in [-0.25, -0.2) is 9.97 Å². The highest BCUT2D eigenvalue weighted by atomic mass is 35.5. The van der Waals surface area contributed by atoms with Crippen LogP contribution in [0.4, 0.5) is 0 Å². The zero-order valence-corrected chi connectivity index (χ0v) is 9.15. The maximum absolute atomic E-state index is 5.82. The molecule has 1 aromatic rings. The van der Waals surface area contributed by atoms with Gasteiger partial charge in [0.15, 0.2) is 10.9 Å². The van der Waals surface area contributed by atoms with E-state index in [2.05, 4.69) is 16.9 Å². The molecule has 0 unspecified atom stereocenters. The number of halogens is 1. The highest BCUT2D eigenvalue weighted by Gasteiger charge is 2.09. The van der Waals surface area contributed by atoms with E-state index in [0.29, 0.717) is 10.9 Å². The lowest BCUT2D eigenvalue weighted by Crippen LogP contribution is -1.93. The van der Waals surface area contributed by atoms with Crippen LogP contribution >= 0.6 is 23.4 Å². The van der Waals surface area contributed by atoms with Crippen molar-refractivity contribution >= 4 is 23.4 Å². The lowest BCUT2D eigenvalue weighted by Gasteiger charge is -2.06. The predicted molar refractivity (Wildman–Crippen MR) is 54.6 cm³/mol. The number of hydrogen-bond donors (Lipinski definition) is 0. The van der Waals surface area contributed by atoms with Gasteiger partial charge < -0.3 is 4.74 Å². The van der Waals surface area contributed by atoms with Crippen molar-refractivity contribution in [1.82, 2.24) is 9.97 Å². The summed E-state index contributed by atoms with van der Waals surface area (Å²) in [6.07, 6.45) is 2.54. The van der Waals surface area contributed by atoms with Gasteiger partial charge in [-0.2, -0.15) is 0 Å². The van der Waals surface area contributed by atoms with Crippen molar-refractivity contribution in [1.29, 1.82) is 0 Å². The molecule has 0 radical (unpaired) electrons. The smallest absolute Gasteiger partial charge is 0.188 e. The Hall–Kier alpha value is -0.480. The molecule has 1 rings (SSSR count). The van der Waals surface area contributed by atoms with E-state index in [-0.39, 0.29) is 0 Å². The van der Waals surface area contributed by atoms with Gasteiger partial charge in [0, 0.05) is 0 Å². The Bertz CT molecular complexity index is 283. The normalized spacial score (nSPS) is 10.1. The molecule has 0 saturated carbocycles. The fourth-order valence-electron chi connectivity index (χ4n) is 0.811. The number of hydrogen-bond acceptors (Lipinski definition) is 4. The molecule has 3 nitrogen and oxygen atoms in total. The zero-order chi connectivity index (χ0) is 9.68. The number of aromatic nitrogens is 2. The van der Waals surface area contributed by atoms with E-state index in [1.54, 1.807) is 18.9 Å². The van der Waals surface area contributed by atoms with Crippen LogP contribution in [0.25, 0.3) is 0 Å². The summed E-state index contributed by atoms with van der Waals surface area (Å²) in [5, 5.41) is 1.18. The van der Waals surface area contributed by atoms with Crippen LogP contribution in [0.3, 0.4) is 0 Å². The van der Waals surface area contributed by atoms with Gasteiger partial charge >= 0.3 is 0 Å². The summed E-state index contributed by atoms with van der Waals surface area (Å²) in [5.74, 6) is 1.58. The standard InChI is InChI=1S/C8H11ClN2OS/c1-3-4-13-8-6(12-2)7(9)10-5-11-8/h5H,3-4H2,1-2H3. The molecule has 0 aromatic carbocycles. The number of methoxy groups -OCH3 is 1. The maximum Gasteiger partial charge on any atom is 0.188 e. The van der Waals surface area contributed by atoms with E-state index in [9.17, 15) is 0 Å². The fourth-order valence-corrected chi connectivity index (χ4v) is 1.91. The van der Waals surface area contributed by atoms with Gasteiger partial charge in [0.05, 0.1) is 7.11 Å². The first kappa shape index (κ1) is 10.6. The van der Waals surface area contributed by atoms with E-state index in [4.69, 9.17) is 16.3 Å². The van der Waals surface area contributed by atoms with Crippen molar-refractivity contribution in [3.8, 4) is 5.75 Å². The van der Waals surface area contributed by atoms with Crippen LogP contribution in [0, 0.1) is 0 Å². The van der Waals surface area contributed by atoms with Crippen molar-refractivity contribution in [2.75, 3.05) is 12.9 Å². The Morgan fingerprint density at radius 1 is 1.54 bits per heavy atom. The molecule has 0 aliphatic rings. The summed E-state index contributed by atoms with van der Waals surface area (Å²) in [4.78, 5) is 7.92. The van der Waals surface area contributed by atoms with Gasteiger partial charge in [0.1, 0.15) is 11.4 Å². The van der Waals surface area contributed by atoms with Crippen LogP contribution in [-0.4, -0.2) is 22.8 Å². The Kier molecular flexibility index (Phi) is 4.32.